The topological polar surface area (TPSA) is 40.5 Å². The van der Waals surface area contributed by atoms with Gasteiger partial charge < -0.3 is 10.0 Å². The molecule has 1 amide bonds. The fourth-order valence-electron chi connectivity index (χ4n) is 2.46. The zero-order valence-electron chi connectivity index (χ0n) is 11.9. The van der Waals surface area contributed by atoms with Crippen LogP contribution in [-0.2, 0) is 0 Å². The van der Waals surface area contributed by atoms with Gasteiger partial charge in [0.1, 0.15) is 0 Å². The molecule has 0 spiro atoms. The maximum absolute atomic E-state index is 12.6. The van der Waals surface area contributed by atoms with Crippen LogP contribution in [-0.4, -0.2) is 35.1 Å². The number of rotatable bonds is 2. The lowest BCUT2D eigenvalue weighted by molar-refractivity contribution is 0.0698. The van der Waals surface area contributed by atoms with E-state index in [9.17, 15) is 4.79 Å². The van der Waals surface area contributed by atoms with Gasteiger partial charge in [-0.2, -0.15) is 0 Å². The highest BCUT2D eigenvalue weighted by atomic mass is 32.1. The number of likely N-dealkylation sites (tertiary alicyclic amines) is 1. The highest BCUT2D eigenvalue weighted by molar-refractivity contribution is 7.10. The van der Waals surface area contributed by atoms with Crippen LogP contribution in [0.25, 0.3) is 0 Å². The molecule has 0 radical (unpaired) electrons. The van der Waals surface area contributed by atoms with Crippen LogP contribution in [0, 0.1) is 11.8 Å². The number of nitrogens with zero attached hydrogens (tertiary/aromatic N) is 1. The van der Waals surface area contributed by atoms with Gasteiger partial charge in [0.15, 0.2) is 0 Å². The van der Waals surface area contributed by atoms with Crippen molar-refractivity contribution in [2.24, 2.45) is 0 Å². The summed E-state index contributed by atoms with van der Waals surface area (Å²) < 4.78 is 0. The van der Waals surface area contributed by atoms with Gasteiger partial charge in [0, 0.05) is 24.4 Å². The maximum atomic E-state index is 12.6. The Balaban J connectivity index is 2.07. The third-order valence-corrected chi connectivity index (χ3v) is 4.45. The summed E-state index contributed by atoms with van der Waals surface area (Å²) in [6.45, 7) is 3.08. The minimum Gasteiger partial charge on any atom is -0.395 e. The van der Waals surface area contributed by atoms with Gasteiger partial charge >= 0.3 is 0 Å². The van der Waals surface area contributed by atoms with Crippen LogP contribution in [0.3, 0.4) is 0 Å². The highest BCUT2D eigenvalue weighted by Gasteiger charge is 2.23. The summed E-state index contributed by atoms with van der Waals surface area (Å²) in [4.78, 5) is 15.4. The van der Waals surface area contributed by atoms with Crippen LogP contribution in [0.2, 0.25) is 0 Å². The van der Waals surface area contributed by atoms with Gasteiger partial charge in [0.2, 0.25) is 0 Å². The normalized spacial score (nSPS) is 19.1. The zero-order chi connectivity index (χ0) is 14.4. The van der Waals surface area contributed by atoms with E-state index in [-0.39, 0.29) is 12.5 Å². The third kappa shape index (κ3) is 3.84. The van der Waals surface area contributed by atoms with Gasteiger partial charge in [-0.05, 0) is 25.8 Å². The monoisotopic (exact) mass is 291 g/mol. The summed E-state index contributed by atoms with van der Waals surface area (Å²) in [6.07, 6.45) is 5.11. The SMILES string of the molecule is CC1CCCCCN1C(=O)c1csc(C#CCCO)c1. The first kappa shape index (κ1) is 15.1. The Bertz CT molecular complexity index is 512. The molecular weight excluding hydrogens is 270 g/mol. The van der Waals surface area contributed by atoms with Crippen molar-refractivity contribution in [1.82, 2.24) is 4.90 Å². The van der Waals surface area contributed by atoms with Gasteiger partial charge in [0.05, 0.1) is 17.0 Å². The Morgan fingerprint density at radius 1 is 1.50 bits per heavy atom. The van der Waals surface area contributed by atoms with E-state index < -0.39 is 0 Å². The molecule has 1 aromatic rings. The van der Waals surface area contributed by atoms with Crippen LogP contribution < -0.4 is 0 Å². The lowest BCUT2D eigenvalue weighted by atomic mass is 10.1. The number of aliphatic hydroxyl groups is 1. The number of amides is 1. The first-order valence-electron chi connectivity index (χ1n) is 7.21. The van der Waals surface area contributed by atoms with E-state index in [1.807, 2.05) is 16.3 Å². The van der Waals surface area contributed by atoms with Crippen LogP contribution in [0.15, 0.2) is 11.4 Å². The number of carbonyl (C=O) groups is 1. The molecule has 1 N–H and O–H groups in total. The fraction of sp³-hybridized carbons (Fsp3) is 0.562. The van der Waals surface area contributed by atoms with E-state index >= 15 is 0 Å². The smallest absolute Gasteiger partial charge is 0.254 e. The average Bonchev–Trinajstić information content (AvgIpc) is 2.81. The van der Waals surface area contributed by atoms with Crippen molar-refractivity contribution in [3.8, 4) is 11.8 Å². The molecule has 20 heavy (non-hydrogen) atoms. The summed E-state index contributed by atoms with van der Waals surface area (Å²) in [5, 5.41) is 10.6. The summed E-state index contributed by atoms with van der Waals surface area (Å²) >= 11 is 1.50. The largest absolute Gasteiger partial charge is 0.395 e. The zero-order valence-corrected chi connectivity index (χ0v) is 12.7. The van der Waals surface area contributed by atoms with E-state index in [0.29, 0.717) is 12.5 Å². The quantitative estimate of drug-likeness (QED) is 0.851. The molecule has 4 heteroatoms. The van der Waals surface area contributed by atoms with Crippen molar-refractivity contribution in [3.05, 3.63) is 21.9 Å². The number of aliphatic hydroxyl groups excluding tert-OH is 1. The van der Waals surface area contributed by atoms with Gasteiger partial charge in [-0.15, -0.1) is 11.3 Å². The molecular formula is C16H21NO2S. The molecule has 1 unspecified atom stereocenters. The molecule has 2 rings (SSSR count). The second-order valence-electron chi connectivity index (χ2n) is 5.17. The predicted octanol–water partition coefficient (Wildman–Crippen LogP) is 2.89. The van der Waals surface area contributed by atoms with Gasteiger partial charge in [0.25, 0.3) is 5.91 Å². The average molecular weight is 291 g/mol. The van der Waals surface area contributed by atoms with Crippen LogP contribution in [0.1, 0.15) is 54.3 Å². The summed E-state index contributed by atoms with van der Waals surface area (Å²) in [6, 6.07) is 2.20. The molecule has 3 nitrogen and oxygen atoms in total. The standard InChI is InChI=1S/C16H21NO2S/c1-13-7-3-2-5-9-17(13)16(19)14-11-15(20-12-14)8-4-6-10-18/h11-13,18H,2-3,5-7,9-10H2,1H3. The molecule has 0 bridgehead atoms. The minimum atomic E-state index is 0.0788. The molecule has 1 aromatic heterocycles. The summed E-state index contributed by atoms with van der Waals surface area (Å²) in [5.74, 6) is 6.00. The van der Waals surface area contributed by atoms with Crippen molar-refractivity contribution in [3.63, 3.8) is 0 Å². The first-order chi connectivity index (χ1) is 9.72. The molecule has 1 aliphatic rings. The van der Waals surface area contributed by atoms with Crippen molar-refractivity contribution >= 4 is 17.2 Å². The molecule has 1 atom stereocenters. The predicted molar refractivity (Wildman–Crippen MR) is 81.9 cm³/mol. The molecule has 2 heterocycles. The molecule has 0 aliphatic carbocycles. The van der Waals surface area contributed by atoms with E-state index in [1.54, 1.807) is 0 Å². The van der Waals surface area contributed by atoms with Crippen molar-refractivity contribution in [2.75, 3.05) is 13.2 Å². The Morgan fingerprint density at radius 2 is 2.35 bits per heavy atom. The van der Waals surface area contributed by atoms with Crippen LogP contribution >= 0.6 is 11.3 Å². The second kappa shape index (κ2) is 7.47. The Hall–Kier alpha value is -1.31. The minimum absolute atomic E-state index is 0.0788. The van der Waals surface area contributed by atoms with Gasteiger partial charge in [-0.25, -0.2) is 0 Å². The number of hydrogen-bond donors (Lipinski definition) is 1. The number of hydrogen-bond acceptors (Lipinski definition) is 3. The summed E-state index contributed by atoms with van der Waals surface area (Å²) in [7, 11) is 0. The van der Waals surface area contributed by atoms with E-state index in [4.69, 9.17) is 5.11 Å². The molecule has 0 saturated carbocycles. The first-order valence-corrected chi connectivity index (χ1v) is 8.09. The number of carbonyl (C=O) groups excluding carboxylic acids is 1. The molecule has 1 saturated heterocycles. The van der Waals surface area contributed by atoms with E-state index in [2.05, 4.69) is 18.8 Å². The Morgan fingerprint density at radius 3 is 3.15 bits per heavy atom. The van der Waals surface area contributed by atoms with Gasteiger partial charge in [-0.3, -0.25) is 4.79 Å². The van der Waals surface area contributed by atoms with Gasteiger partial charge in [-0.1, -0.05) is 24.7 Å². The van der Waals surface area contributed by atoms with Crippen LogP contribution in [0.5, 0.6) is 0 Å². The number of thiophene rings is 1. The van der Waals surface area contributed by atoms with Crippen molar-refractivity contribution in [2.45, 2.75) is 45.1 Å². The van der Waals surface area contributed by atoms with Crippen molar-refractivity contribution in [1.29, 1.82) is 0 Å². The molecule has 1 aliphatic heterocycles. The molecule has 0 aromatic carbocycles. The Kier molecular flexibility index (Phi) is 5.63. The van der Waals surface area contributed by atoms with E-state index in [1.165, 1.54) is 24.2 Å². The third-order valence-electron chi connectivity index (χ3n) is 3.61. The second-order valence-corrected chi connectivity index (χ2v) is 6.08. The highest BCUT2D eigenvalue weighted by Crippen LogP contribution is 2.21. The summed E-state index contributed by atoms with van der Waals surface area (Å²) in [5.41, 5.74) is 0.747. The van der Waals surface area contributed by atoms with Crippen molar-refractivity contribution < 1.29 is 9.90 Å². The lowest BCUT2D eigenvalue weighted by Gasteiger charge is -2.26. The molecule has 1 fully saturated rings. The Labute approximate surface area is 124 Å². The van der Waals surface area contributed by atoms with Crippen LogP contribution in [0.4, 0.5) is 0 Å². The maximum Gasteiger partial charge on any atom is 0.254 e. The lowest BCUT2D eigenvalue weighted by Crippen LogP contribution is -2.38. The van der Waals surface area contributed by atoms with E-state index in [0.717, 1.165) is 29.8 Å². The fourth-order valence-corrected chi connectivity index (χ4v) is 3.21. The molecule has 108 valence electrons.